The van der Waals surface area contributed by atoms with Crippen molar-refractivity contribution in [3.8, 4) is 0 Å². The molecule has 0 aromatic carbocycles. The lowest BCUT2D eigenvalue weighted by Gasteiger charge is -2.19. The first-order chi connectivity index (χ1) is 6.61. The molecule has 80 valence electrons. The lowest BCUT2D eigenvalue weighted by atomic mass is 9.84. The van der Waals surface area contributed by atoms with Gasteiger partial charge in [-0.3, -0.25) is 9.59 Å². The van der Waals surface area contributed by atoms with Gasteiger partial charge < -0.3 is 0 Å². The van der Waals surface area contributed by atoms with E-state index in [4.69, 9.17) is 0 Å². The summed E-state index contributed by atoms with van der Waals surface area (Å²) >= 11 is 0. The standard InChI is InChI=1S/C12H20O2/c1-9-6-4-3-5-7-11(13)8-12(14)10(9)2/h9-10H,3-8H2,1-2H3. The van der Waals surface area contributed by atoms with Gasteiger partial charge in [0.2, 0.25) is 0 Å². The highest BCUT2D eigenvalue weighted by Crippen LogP contribution is 2.22. The van der Waals surface area contributed by atoms with Crippen LogP contribution in [0.2, 0.25) is 0 Å². The summed E-state index contributed by atoms with van der Waals surface area (Å²) in [7, 11) is 0. The second kappa shape index (κ2) is 5.28. The van der Waals surface area contributed by atoms with Gasteiger partial charge in [0.25, 0.3) is 0 Å². The Morgan fingerprint density at radius 1 is 1.07 bits per heavy atom. The van der Waals surface area contributed by atoms with Crippen LogP contribution in [-0.2, 0) is 9.59 Å². The van der Waals surface area contributed by atoms with Gasteiger partial charge in [-0.1, -0.05) is 33.1 Å². The van der Waals surface area contributed by atoms with Crippen LogP contribution in [0.15, 0.2) is 0 Å². The average molecular weight is 196 g/mol. The van der Waals surface area contributed by atoms with Gasteiger partial charge in [-0.15, -0.1) is 0 Å². The maximum absolute atomic E-state index is 11.6. The van der Waals surface area contributed by atoms with E-state index in [1.165, 1.54) is 0 Å². The van der Waals surface area contributed by atoms with E-state index in [1.807, 2.05) is 6.92 Å². The Morgan fingerprint density at radius 2 is 1.79 bits per heavy atom. The zero-order valence-electron chi connectivity index (χ0n) is 9.21. The van der Waals surface area contributed by atoms with E-state index in [9.17, 15) is 9.59 Å². The third-order valence-electron chi connectivity index (χ3n) is 3.35. The average Bonchev–Trinajstić information content (AvgIpc) is 2.14. The number of carbonyl (C=O) groups excluding carboxylic acids is 2. The van der Waals surface area contributed by atoms with Crippen molar-refractivity contribution in [3.05, 3.63) is 0 Å². The molecule has 1 aliphatic rings. The molecule has 2 nitrogen and oxygen atoms in total. The second-order valence-electron chi connectivity index (χ2n) is 4.55. The highest BCUT2D eigenvalue weighted by atomic mass is 16.1. The lowest BCUT2D eigenvalue weighted by Crippen LogP contribution is -2.22. The van der Waals surface area contributed by atoms with Crippen LogP contribution < -0.4 is 0 Å². The molecule has 1 rings (SSSR count). The van der Waals surface area contributed by atoms with Crippen molar-refractivity contribution in [3.63, 3.8) is 0 Å². The molecule has 1 saturated carbocycles. The smallest absolute Gasteiger partial charge is 0.143 e. The van der Waals surface area contributed by atoms with E-state index >= 15 is 0 Å². The Morgan fingerprint density at radius 3 is 2.50 bits per heavy atom. The van der Waals surface area contributed by atoms with Crippen molar-refractivity contribution in [1.82, 2.24) is 0 Å². The number of hydrogen-bond donors (Lipinski definition) is 0. The van der Waals surface area contributed by atoms with Crippen LogP contribution in [0.3, 0.4) is 0 Å². The molecule has 0 radical (unpaired) electrons. The second-order valence-corrected chi connectivity index (χ2v) is 4.55. The van der Waals surface area contributed by atoms with Gasteiger partial charge in [0.1, 0.15) is 11.6 Å². The van der Waals surface area contributed by atoms with E-state index in [1.54, 1.807) is 0 Å². The molecule has 1 aliphatic carbocycles. The van der Waals surface area contributed by atoms with Crippen LogP contribution in [-0.4, -0.2) is 11.6 Å². The number of hydrogen-bond acceptors (Lipinski definition) is 2. The van der Waals surface area contributed by atoms with Crippen molar-refractivity contribution in [2.45, 2.75) is 52.4 Å². The molecule has 0 spiro atoms. The molecule has 0 N–H and O–H groups in total. The molecule has 0 aliphatic heterocycles. The summed E-state index contributed by atoms with van der Waals surface area (Å²) in [5.74, 6) is 0.783. The summed E-state index contributed by atoms with van der Waals surface area (Å²) in [6, 6.07) is 0. The van der Waals surface area contributed by atoms with Crippen LogP contribution in [0, 0.1) is 11.8 Å². The molecule has 14 heavy (non-hydrogen) atoms. The summed E-state index contributed by atoms with van der Waals surface area (Å²) in [5, 5.41) is 0. The first-order valence-electron chi connectivity index (χ1n) is 5.65. The van der Waals surface area contributed by atoms with Gasteiger partial charge >= 0.3 is 0 Å². The van der Waals surface area contributed by atoms with E-state index in [2.05, 4.69) is 6.92 Å². The fraction of sp³-hybridized carbons (Fsp3) is 0.833. The SMILES string of the molecule is CC1CCCCCC(=O)CC(=O)C1C. The minimum Gasteiger partial charge on any atom is -0.299 e. The molecule has 0 saturated heterocycles. The summed E-state index contributed by atoms with van der Waals surface area (Å²) < 4.78 is 0. The minimum absolute atomic E-state index is 0.0667. The molecule has 0 amide bonds. The summed E-state index contributed by atoms with van der Waals surface area (Å²) in [4.78, 5) is 23.0. The maximum Gasteiger partial charge on any atom is 0.143 e. The Bertz CT molecular complexity index is 220. The van der Waals surface area contributed by atoms with Crippen molar-refractivity contribution in [1.29, 1.82) is 0 Å². The van der Waals surface area contributed by atoms with Crippen LogP contribution >= 0.6 is 0 Å². The summed E-state index contributed by atoms with van der Waals surface area (Å²) in [5.41, 5.74) is 0. The Labute approximate surface area is 86.1 Å². The van der Waals surface area contributed by atoms with Crippen molar-refractivity contribution in [2.24, 2.45) is 11.8 Å². The van der Waals surface area contributed by atoms with E-state index < -0.39 is 0 Å². The third kappa shape index (κ3) is 3.24. The van der Waals surface area contributed by atoms with Crippen LogP contribution in [0.4, 0.5) is 0 Å². The molecular formula is C12H20O2. The quantitative estimate of drug-likeness (QED) is 0.558. The normalized spacial score (nSPS) is 31.6. The maximum atomic E-state index is 11.6. The fourth-order valence-corrected chi connectivity index (χ4v) is 1.98. The molecule has 2 heteroatoms. The molecule has 2 atom stereocenters. The highest BCUT2D eigenvalue weighted by Gasteiger charge is 2.22. The van der Waals surface area contributed by atoms with Crippen LogP contribution in [0.5, 0.6) is 0 Å². The number of rotatable bonds is 0. The van der Waals surface area contributed by atoms with Crippen molar-refractivity contribution in [2.75, 3.05) is 0 Å². The van der Waals surface area contributed by atoms with Gasteiger partial charge in [0.15, 0.2) is 0 Å². The first-order valence-corrected chi connectivity index (χ1v) is 5.65. The lowest BCUT2D eigenvalue weighted by molar-refractivity contribution is -0.130. The van der Waals surface area contributed by atoms with Gasteiger partial charge in [0.05, 0.1) is 6.42 Å². The van der Waals surface area contributed by atoms with Gasteiger partial charge in [0, 0.05) is 12.3 Å². The van der Waals surface area contributed by atoms with Gasteiger partial charge in [-0.05, 0) is 12.3 Å². The molecular weight excluding hydrogens is 176 g/mol. The Balaban J connectivity index is 2.58. The molecule has 0 aromatic heterocycles. The topological polar surface area (TPSA) is 34.1 Å². The zero-order chi connectivity index (χ0) is 10.6. The molecule has 0 heterocycles. The number of ketones is 2. The van der Waals surface area contributed by atoms with Crippen molar-refractivity contribution >= 4 is 11.6 Å². The van der Waals surface area contributed by atoms with Crippen LogP contribution in [0.1, 0.15) is 52.4 Å². The monoisotopic (exact) mass is 196 g/mol. The molecule has 1 fully saturated rings. The van der Waals surface area contributed by atoms with E-state index in [0.717, 1.165) is 25.7 Å². The van der Waals surface area contributed by atoms with Gasteiger partial charge in [-0.2, -0.15) is 0 Å². The van der Waals surface area contributed by atoms with Gasteiger partial charge in [-0.25, -0.2) is 0 Å². The zero-order valence-corrected chi connectivity index (χ0v) is 9.21. The Kier molecular flexibility index (Phi) is 4.30. The predicted molar refractivity (Wildman–Crippen MR) is 56.0 cm³/mol. The molecule has 0 aromatic rings. The highest BCUT2D eigenvalue weighted by molar-refractivity contribution is 6.00. The molecule has 2 unspecified atom stereocenters. The fourth-order valence-electron chi connectivity index (χ4n) is 1.98. The predicted octanol–water partition coefficient (Wildman–Crippen LogP) is 2.75. The van der Waals surface area contributed by atoms with Crippen molar-refractivity contribution < 1.29 is 9.59 Å². The summed E-state index contributed by atoms with van der Waals surface area (Å²) in [6.07, 6.45) is 5.16. The van der Waals surface area contributed by atoms with E-state index in [-0.39, 0.29) is 23.9 Å². The molecule has 0 bridgehead atoms. The largest absolute Gasteiger partial charge is 0.299 e. The number of carbonyl (C=O) groups is 2. The summed E-state index contributed by atoms with van der Waals surface area (Å²) in [6.45, 7) is 4.08. The van der Waals surface area contributed by atoms with E-state index in [0.29, 0.717) is 12.3 Å². The third-order valence-corrected chi connectivity index (χ3v) is 3.35. The van der Waals surface area contributed by atoms with Crippen LogP contribution in [0.25, 0.3) is 0 Å². The Hall–Kier alpha value is -0.660. The first kappa shape index (κ1) is 11.4. The minimum atomic E-state index is 0.0667. The number of Topliss-reactive ketones (excluding diaryl/α,β-unsaturated/α-hetero) is 2.